The lowest BCUT2D eigenvalue weighted by Gasteiger charge is -2.42. The van der Waals surface area contributed by atoms with Crippen LogP contribution in [-0.4, -0.2) is 64.0 Å². The summed E-state index contributed by atoms with van der Waals surface area (Å²) >= 11 is 0. The molecular weight excluding hydrogens is 512 g/mol. The first kappa shape index (κ1) is 26.9. The number of azide groups is 1. The molecule has 4 rings (SSSR count). The van der Waals surface area contributed by atoms with Gasteiger partial charge in [0.05, 0.1) is 11.1 Å². The third-order valence-corrected chi connectivity index (χ3v) is 5.83. The normalized spacial score (nSPS) is 22.1. The molecule has 1 saturated heterocycles. The molecule has 5 unspecified atom stereocenters. The summed E-state index contributed by atoms with van der Waals surface area (Å²) in [6, 6.07) is 15.2. The average molecular weight is 534 g/mol. The Morgan fingerprint density at radius 3 is 2.05 bits per heavy atom. The number of hydrogen-bond donors (Lipinski definition) is 2. The number of nitrogens with one attached hydrogen (secondary N) is 1. The molecule has 0 saturated carbocycles. The standard InChI is InChI=1S/C25H22N6O8/c1-27-16-12-13-31(25(36)28-16)21-20(39-24(35)15-10-6-3-7-11-15)18(17(29-30-26)19(37-21)22(32)33)38-23(34)14-8-4-2-5-9-14/h2-13,17-21H,1H3,(H,32,33)(H,27,28,36). The van der Waals surface area contributed by atoms with Crippen molar-refractivity contribution in [2.45, 2.75) is 30.6 Å². The summed E-state index contributed by atoms with van der Waals surface area (Å²) in [4.78, 5) is 57.8. The van der Waals surface area contributed by atoms with Crippen LogP contribution in [0.1, 0.15) is 26.9 Å². The molecule has 39 heavy (non-hydrogen) atoms. The lowest BCUT2D eigenvalue weighted by Crippen LogP contribution is -2.60. The number of rotatable bonds is 8. The molecule has 200 valence electrons. The first-order valence-corrected chi connectivity index (χ1v) is 11.6. The lowest BCUT2D eigenvalue weighted by atomic mass is 9.95. The van der Waals surface area contributed by atoms with Gasteiger partial charge >= 0.3 is 23.6 Å². The van der Waals surface area contributed by atoms with Gasteiger partial charge in [-0.25, -0.2) is 19.2 Å². The number of esters is 2. The predicted molar refractivity (Wildman–Crippen MR) is 134 cm³/mol. The van der Waals surface area contributed by atoms with Crippen LogP contribution in [0.15, 0.2) is 82.8 Å². The van der Waals surface area contributed by atoms with Gasteiger partial charge in [-0.2, -0.15) is 4.98 Å². The van der Waals surface area contributed by atoms with Crippen molar-refractivity contribution in [3.05, 3.63) is 105 Å². The third-order valence-electron chi connectivity index (χ3n) is 5.83. The van der Waals surface area contributed by atoms with Crippen molar-refractivity contribution in [2.24, 2.45) is 5.11 Å². The first-order valence-electron chi connectivity index (χ1n) is 11.6. The summed E-state index contributed by atoms with van der Waals surface area (Å²) in [6.45, 7) is 0. The highest BCUT2D eigenvalue weighted by Gasteiger charge is 2.53. The molecule has 2 aromatic carbocycles. The van der Waals surface area contributed by atoms with Crippen LogP contribution in [0.3, 0.4) is 0 Å². The summed E-state index contributed by atoms with van der Waals surface area (Å²) in [7, 11) is 1.54. The number of carboxylic acid groups (broad SMARTS) is 1. The molecule has 3 aromatic rings. The largest absolute Gasteiger partial charge is 0.479 e. The zero-order chi connectivity index (χ0) is 27.9. The van der Waals surface area contributed by atoms with Crippen molar-refractivity contribution in [3.8, 4) is 0 Å². The van der Waals surface area contributed by atoms with Gasteiger partial charge in [0.1, 0.15) is 11.9 Å². The highest BCUT2D eigenvalue weighted by atomic mass is 16.6. The molecule has 5 atom stereocenters. The summed E-state index contributed by atoms with van der Waals surface area (Å²) < 4.78 is 17.9. The minimum absolute atomic E-state index is 0.0949. The second-order valence-corrected chi connectivity index (χ2v) is 8.21. The number of hydrogen-bond acceptors (Lipinski definition) is 10. The Bertz CT molecular complexity index is 1460. The van der Waals surface area contributed by atoms with E-state index < -0.39 is 54.2 Å². The molecule has 0 aliphatic carbocycles. The van der Waals surface area contributed by atoms with Crippen molar-refractivity contribution < 1.29 is 33.7 Å². The minimum Gasteiger partial charge on any atom is -0.479 e. The monoisotopic (exact) mass is 534 g/mol. The first-order chi connectivity index (χ1) is 18.8. The molecule has 1 aliphatic rings. The second kappa shape index (κ2) is 11.9. The number of carbonyl (C=O) groups is 3. The fourth-order valence-corrected chi connectivity index (χ4v) is 3.99. The molecule has 1 aliphatic heterocycles. The Labute approximate surface area is 220 Å². The quantitative estimate of drug-likeness (QED) is 0.187. The molecule has 1 fully saturated rings. The zero-order valence-corrected chi connectivity index (χ0v) is 20.4. The van der Waals surface area contributed by atoms with Crippen molar-refractivity contribution in [1.82, 2.24) is 9.55 Å². The molecule has 0 spiro atoms. The Morgan fingerprint density at radius 2 is 1.56 bits per heavy atom. The van der Waals surface area contributed by atoms with E-state index in [1.54, 1.807) is 36.4 Å². The number of carbonyl (C=O) groups excluding carboxylic acids is 2. The number of nitrogens with zero attached hydrogens (tertiary/aromatic N) is 5. The molecule has 2 heterocycles. The predicted octanol–water partition coefficient (Wildman–Crippen LogP) is 2.40. The van der Waals surface area contributed by atoms with Gasteiger partial charge < -0.3 is 24.6 Å². The molecule has 0 amide bonds. The van der Waals surface area contributed by atoms with Crippen molar-refractivity contribution >= 4 is 23.7 Å². The Kier molecular flexibility index (Phi) is 8.19. The van der Waals surface area contributed by atoms with Crippen LogP contribution in [0, 0.1) is 0 Å². The van der Waals surface area contributed by atoms with E-state index >= 15 is 0 Å². The topological polar surface area (TPSA) is 195 Å². The molecule has 1 aromatic heterocycles. The van der Waals surface area contributed by atoms with Crippen LogP contribution in [0.25, 0.3) is 10.4 Å². The second-order valence-electron chi connectivity index (χ2n) is 8.21. The van der Waals surface area contributed by atoms with Crippen LogP contribution >= 0.6 is 0 Å². The Balaban J connectivity index is 1.84. The number of carboxylic acids is 1. The van der Waals surface area contributed by atoms with Gasteiger partial charge in [-0.3, -0.25) is 4.57 Å². The van der Waals surface area contributed by atoms with Gasteiger partial charge in [-0.15, -0.1) is 0 Å². The zero-order valence-electron chi connectivity index (χ0n) is 20.4. The molecule has 0 radical (unpaired) electrons. The van der Waals surface area contributed by atoms with E-state index in [0.717, 1.165) is 4.57 Å². The summed E-state index contributed by atoms with van der Waals surface area (Å²) in [5.74, 6) is -3.17. The fourth-order valence-electron chi connectivity index (χ4n) is 3.99. The highest BCUT2D eigenvalue weighted by molar-refractivity contribution is 5.90. The fraction of sp³-hybridized carbons (Fsp3) is 0.240. The van der Waals surface area contributed by atoms with Gasteiger partial charge in [-0.1, -0.05) is 41.5 Å². The maximum Gasteiger partial charge on any atom is 0.351 e. The van der Waals surface area contributed by atoms with E-state index in [1.807, 2.05) is 0 Å². The lowest BCUT2D eigenvalue weighted by molar-refractivity contribution is -0.216. The van der Waals surface area contributed by atoms with Crippen molar-refractivity contribution in [2.75, 3.05) is 12.4 Å². The Morgan fingerprint density at radius 1 is 1.00 bits per heavy atom. The molecule has 0 bridgehead atoms. The molecule has 14 heteroatoms. The smallest absolute Gasteiger partial charge is 0.351 e. The van der Waals surface area contributed by atoms with Crippen molar-refractivity contribution in [1.29, 1.82) is 0 Å². The van der Waals surface area contributed by atoms with Crippen LogP contribution in [0.5, 0.6) is 0 Å². The number of benzene rings is 2. The SMILES string of the molecule is CNc1ccn(C2OC(C(=O)O)C(N=[N+]=[N-])C(OC(=O)c3ccccc3)C2OC(=O)c2ccccc2)c(=O)n1. The van der Waals surface area contributed by atoms with E-state index in [4.69, 9.17) is 14.2 Å². The highest BCUT2D eigenvalue weighted by Crippen LogP contribution is 2.35. The number of anilines is 1. The molecule has 14 nitrogen and oxygen atoms in total. The summed E-state index contributed by atoms with van der Waals surface area (Å²) in [5.41, 5.74) is 8.53. The van der Waals surface area contributed by atoms with E-state index in [0.29, 0.717) is 0 Å². The Hall–Kier alpha value is -5.20. The van der Waals surface area contributed by atoms with E-state index in [9.17, 15) is 29.8 Å². The maximum absolute atomic E-state index is 13.1. The van der Waals surface area contributed by atoms with Crippen LogP contribution in [-0.2, 0) is 19.0 Å². The van der Waals surface area contributed by atoms with Gasteiger partial charge in [0.15, 0.2) is 24.5 Å². The number of ether oxygens (including phenoxy) is 3. The van der Waals surface area contributed by atoms with Gasteiger partial charge in [0.25, 0.3) is 0 Å². The summed E-state index contributed by atoms with van der Waals surface area (Å²) in [6.07, 6.45) is -5.60. The third kappa shape index (κ3) is 5.87. The minimum atomic E-state index is -1.89. The maximum atomic E-state index is 13.1. The average Bonchev–Trinajstić information content (AvgIpc) is 2.95. The van der Waals surface area contributed by atoms with E-state index in [1.165, 1.54) is 43.6 Å². The van der Waals surface area contributed by atoms with E-state index in [-0.39, 0.29) is 16.9 Å². The summed E-state index contributed by atoms with van der Waals surface area (Å²) in [5, 5.41) is 16.1. The molecule has 2 N–H and O–H groups in total. The van der Waals surface area contributed by atoms with Crippen LogP contribution in [0.2, 0.25) is 0 Å². The van der Waals surface area contributed by atoms with Crippen LogP contribution < -0.4 is 11.0 Å². The number of aromatic nitrogens is 2. The molecular formula is C25H22N6O8. The van der Waals surface area contributed by atoms with E-state index in [2.05, 4.69) is 20.3 Å². The van der Waals surface area contributed by atoms with Gasteiger partial charge in [0.2, 0.25) is 0 Å². The van der Waals surface area contributed by atoms with Crippen LogP contribution in [0.4, 0.5) is 5.82 Å². The van der Waals surface area contributed by atoms with Crippen molar-refractivity contribution in [3.63, 3.8) is 0 Å². The van der Waals surface area contributed by atoms with Gasteiger partial charge in [-0.05, 0) is 35.9 Å². The number of aliphatic carboxylic acids is 1. The van der Waals surface area contributed by atoms with Gasteiger partial charge in [0, 0.05) is 18.2 Å².